The van der Waals surface area contributed by atoms with E-state index in [0.29, 0.717) is 34.7 Å². The minimum absolute atomic E-state index is 0.0380. The van der Waals surface area contributed by atoms with E-state index in [1.165, 1.54) is 37.4 Å². The molecule has 2 saturated carbocycles. The molecule has 4 rings (SSSR count). The van der Waals surface area contributed by atoms with Gasteiger partial charge in [0.25, 0.3) is 5.91 Å². The molecule has 150 valence electrons. The van der Waals surface area contributed by atoms with E-state index in [1.54, 1.807) is 16.2 Å². The Balaban J connectivity index is 1.23. The fourth-order valence-electron chi connectivity index (χ4n) is 4.74. The normalized spacial score (nSPS) is 28.8. The van der Waals surface area contributed by atoms with Gasteiger partial charge in [-0.15, -0.1) is 11.3 Å². The van der Waals surface area contributed by atoms with Crippen LogP contribution in [0.4, 0.5) is 0 Å². The number of hydrogen-bond donors (Lipinski definition) is 1. The summed E-state index contributed by atoms with van der Waals surface area (Å²) in [5, 5.41) is 5.23. The van der Waals surface area contributed by atoms with Crippen molar-refractivity contribution in [1.29, 1.82) is 0 Å². The van der Waals surface area contributed by atoms with Gasteiger partial charge in [-0.2, -0.15) is 0 Å². The standard InChI is InChI=1S/C21H26N2O2S3/c24-19(22-16-11-14-4-1-5-15(10-14)12-16)7-2-8-23-20(25)18(28-21(23)26)13-17-6-3-9-27-17/h3,6,9,13-16H,1-2,4-5,7-8,10-12H2,(H,22,24)/b18-13-. The number of carbonyl (C=O) groups is 2. The first-order valence-corrected chi connectivity index (χ1v) is 12.3. The van der Waals surface area contributed by atoms with Crippen LogP contribution < -0.4 is 5.32 Å². The van der Waals surface area contributed by atoms with Gasteiger partial charge in [0.15, 0.2) is 0 Å². The molecule has 0 aromatic carbocycles. The third-order valence-electron chi connectivity index (χ3n) is 5.97. The lowest BCUT2D eigenvalue weighted by molar-refractivity contribution is -0.124. The highest BCUT2D eigenvalue weighted by Crippen LogP contribution is 2.39. The first kappa shape index (κ1) is 20.1. The van der Waals surface area contributed by atoms with Crippen molar-refractivity contribution >= 4 is 57.5 Å². The zero-order valence-corrected chi connectivity index (χ0v) is 18.3. The molecule has 0 radical (unpaired) electrons. The highest BCUT2D eigenvalue weighted by atomic mass is 32.2. The van der Waals surface area contributed by atoms with Crippen molar-refractivity contribution in [2.24, 2.45) is 11.8 Å². The molecular formula is C21H26N2O2S3. The van der Waals surface area contributed by atoms with Gasteiger partial charge in [-0.25, -0.2) is 0 Å². The third kappa shape index (κ3) is 4.86. The molecule has 0 spiro atoms. The number of nitrogens with zero attached hydrogens (tertiary/aromatic N) is 1. The quantitative estimate of drug-likeness (QED) is 0.515. The third-order valence-corrected chi connectivity index (χ3v) is 8.17. The zero-order chi connectivity index (χ0) is 19.5. The Morgan fingerprint density at radius 1 is 1.29 bits per heavy atom. The van der Waals surface area contributed by atoms with Crippen LogP contribution in [0.5, 0.6) is 0 Å². The molecule has 2 atom stereocenters. The van der Waals surface area contributed by atoms with E-state index in [9.17, 15) is 9.59 Å². The van der Waals surface area contributed by atoms with Crippen molar-refractivity contribution in [3.05, 3.63) is 27.3 Å². The van der Waals surface area contributed by atoms with E-state index in [4.69, 9.17) is 12.2 Å². The molecular weight excluding hydrogens is 408 g/mol. The topological polar surface area (TPSA) is 49.4 Å². The monoisotopic (exact) mass is 434 g/mol. The number of rotatable bonds is 6. The van der Waals surface area contributed by atoms with Crippen molar-refractivity contribution in [3.8, 4) is 0 Å². The van der Waals surface area contributed by atoms with Crippen LogP contribution in [0.25, 0.3) is 6.08 Å². The highest BCUT2D eigenvalue weighted by molar-refractivity contribution is 8.26. The summed E-state index contributed by atoms with van der Waals surface area (Å²) in [6.07, 6.45) is 10.7. The van der Waals surface area contributed by atoms with Gasteiger partial charge in [0.1, 0.15) is 4.32 Å². The molecule has 2 amide bonds. The van der Waals surface area contributed by atoms with Crippen LogP contribution in [0.2, 0.25) is 0 Å². The van der Waals surface area contributed by atoms with Gasteiger partial charge < -0.3 is 5.32 Å². The number of thioether (sulfide) groups is 1. The highest BCUT2D eigenvalue weighted by Gasteiger charge is 2.33. The van der Waals surface area contributed by atoms with Crippen LogP contribution in [0.15, 0.2) is 22.4 Å². The summed E-state index contributed by atoms with van der Waals surface area (Å²) in [7, 11) is 0. The predicted molar refractivity (Wildman–Crippen MR) is 120 cm³/mol. The molecule has 2 heterocycles. The Morgan fingerprint density at radius 3 is 2.79 bits per heavy atom. The van der Waals surface area contributed by atoms with Crippen LogP contribution in [0.3, 0.4) is 0 Å². The molecule has 1 saturated heterocycles. The minimum Gasteiger partial charge on any atom is -0.353 e. The van der Waals surface area contributed by atoms with Gasteiger partial charge in [0.05, 0.1) is 4.91 Å². The Labute approximate surface area is 180 Å². The van der Waals surface area contributed by atoms with Gasteiger partial charge in [-0.1, -0.05) is 49.3 Å². The maximum absolute atomic E-state index is 12.6. The number of fused-ring (bicyclic) bond motifs is 2. The molecule has 2 unspecified atom stereocenters. The number of thiocarbonyl (C=S) groups is 1. The Morgan fingerprint density at radius 2 is 2.07 bits per heavy atom. The van der Waals surface area contributed by atoms with Crippen molar-refractivity contribution in [1.82, 2.24) is 10.2 Å². The summed E-state index contributed by atoms with van der Waals surface area (Å²) in [6.45, 7) is 0.510. The first-order valence-electron chi connectivity index (χ1n) is 10.2. The van der Waals surface area contributed by atoms with Crippen molar-refractivity contribution in [3.63, 3.8) is 0 Å². The lowest BCUT2D eigenvalue weighted by atomic mass is 9.70. The molecule has 1 N–H and O–H groups in total. The number of thiophene rings is 1. The van der Waals surface area contributed by atoms with Gasteiger partial charge in [0.2, 0.25) is 5.91 Å². The number of amides is 2. The van der Waals surface area contributed by atoms with Crippen LogP contribution in [0, 0.1) is 11.8 Å². The van der Waals surface area contributed by atoms with Gasteiger partial charge in [-0.05, 0) is 55.0 Å². The second-order valence-corrected chi connectivity index (χ2v) is 10.7. The molecule has 7 heteroatoms. The lowest BCUT2D eigenvalue weighted by Gasteiger charge is -2.39. The average Bonchev–Trinajstić information content (AvgIpc) is 3.25. The summed E-state index contributed by atoms with van der Waals surface area (Å²) < 4.78 is 0.591. The van der Waals surface area contributed by atoms with Crippen LogP contribution in [0.1, 0.15) is 56.2 Å². The fourth-order valence-corrected chi connectivity index (χ4v) is 6.77. The van der Waals surface area contributed by atoms with E-state index < -0.39 is 0 Å². The van der Waals surface area contributed by atoms with Gasteiger partial charge in [-0.3, -0.25) is 14.5 Å². The van der Waals surface area contributed by atoms with E-state index >= 15 is 0 Å². The molecule has 2 aliphatic carbocycles. The summed E-state index contributed by atoms with van der Waals surface area (Å²) in [5.41, 5.74) is 0. The van der Waals surface area contributed by atoms with E-state index in [1.807, 2.05) is 23.6 Å². The molecule has 3 aliphatic rings. The Bertz CT molecular complexity index is 763. The zero-order valence-electron chi connectivity index (χ0n) is 15.9. The molecule has 1 aromatic rings. The predicted octanol–water partition coefficient (Wildman–Crippen LogP) is 4.81. The van der Waals surface area contributed by atoms with Crippen molar-refractivity contribution in [2.75, 3.05) is 6.54 Å². The van der Waals surface area contributed by atoms with Crippen LogP contribution >= 0.6 is 35.3 Å². The number of hydrogen-bond acceptors (Lipinski definition) is 5. The molecule has 28 heavy (non-hydrogen) atoms. The summed E-state index contributed by atoms with van der Waals surface area (Å²) in [5.74, 6) is 1.69. The summed E-state index contributed by atoms with van der Waals surface area (Å²) in [4.78, 5) is 28.3. The molecule has 3 fully saturated rings. The van der Waals surface area contributed by atoms with Crippen LogP contribution in [-0.2, 0) is 9.59 Å². The van der Waals surface area contributed by atoms with E-state index in [2.05, 4.69) is 5.32 Å². The van der Waals surface area contributed by atoms with E-state index in [-0.39, 0.29) is 11.8 Å². The van der Waals surface area contributed by atoms with Crippen molar-refractivity contribution in [2.45, 2.75) is 57.4 Å². The second kappa shape index (κ2) is 9.09. The SMILES string of the molecule is O=C(CCCN1C(=O)/C(=C/c2cccs2)SC1=S)NC1CC2CCCC(C2)C1. The van der Waals surface area contributed by atoms with Gasteiger partial charge >= 0.3 is 0 Å². The van der Waals surface area contributed by atoms with E-state index in [0.717, 1.165) is 29.6 Å². The van der Waals surface area contributed by atoms with Crippen LogP contribution in [-0.4, -0.2) is 33.6 Å². The average molecular weight is 435 g/mol. The summed E-state index contributed by atoms with van der Waals surface area (Å²) in [6, 6.07) is 4.30. The Kier molecular flexibility index (Phi) is 6.53. The molecule has 1 aromatic heterocycles. The smallest absolute Gasteiger partial charge is 0.266 e. The maximum Gasteiger partial charge on any atom is 0.266 e. The first-order chi connectivity index (χ1) is 13.6. The fraction of sp³-hybridized carbons (Fsp3) is 0.571. The van der Waals surface area contributed by atoms with Gasteiger partial charge in [0, 0.05) is 23.9 Å². The largest absolute Gasteiger partial charge is 0.353 e. The van der Waals surface area contributed by atoms with Crippen molar-refractivity contribution < 1.29 is 9.59 Å². The minimum atomic E-state index is -0.0380. The molecule has 4 nitrogen and oxygen atoms in total. The number of carbonyl (C=O) groups excluding carboxylic acids is 2. The number of nitrogens with one attached hydrogen (secondary N) is 1. The second-order valence-electron chi connectivity index (χ2n) is 8.09. The summed E-state index contributed by atoms with van der Waals surface area (Å²) >= 11 is 8.33. The molecule has 2 bridgehead atoms. The maximum atomic E-state index is 12.6. The lowest BCUT2D eigenvalue weighted by Crippen LogP contribution is -2.42. The Hall–Kier alpha value is -1.18. The molecule has 1 aliphatic heterocycles.